The Balaban J connectivity index is 1.35. The van der Waals surface area contributed by atoms with Crippen LogP contribution in [0.2, 0.25) is 0 Å². The molecular weight excluding hydrogens is 442 g/mol. The monoisotopic (exact) mass is 475 g/mol. The number of aromatic nitrogens is 2. The van der Waals surface area contributed by atoms with E-state index in [1.54, 1.807) is 24.4 Å². The number of amides is 2. The number of hydrogen-bond donors (Lipinski definition) is 1. The van der Waals surface area contributed by atoms with Crippen LogP contribution in [0.3, 0.4) is 0 Å². The van der Waals surface area contributed by atoms with Gasteiger partial charge in [-0.15, -0.1) is 0 Å². The summed E-state index contributed by atoms with van der Waals surface area (Å²) in [6, 6.07) is 16.9. The summed E-state index contributed by atoms with van der Waals surface area (Å²) in [7, 11) is 1.86. The van der Waals surface area contributed by atoms with Crippen LogP contribution >= 0.6 is 0 Å². The van der Waals surface area contributed by atoms with E-state index >= 15 is 0 Å². The van der Waals surface area contributed by atoms with Crippen LogP contribution in [0.1, 0.15) is 42.1 Å². The second-order valence-electron chi connectivity index (χ2n) is 8.92. The maximum atomic E-state index is 13.1. The number of benzene rings is 2. The molecule has 2 aromatic carbocycles. The summed E-state index contributed by atoms with van der Waals surface area (Å²) >= 11 is 0. The molecule has 0 saturated carbocycles. The predicted octanol–water partition coefficient (Wildman–Crippen LogP) is 4.19. The van der Waals surface area contributed by atoms with Crippen molar-refractivity contribution in [1.82, 2.24) is 24.8 Å². The van der Waals surface area contributed by atoms with Crippen LogP contribution in [-0.4, -0.2) is 64.0 Å². The number of carbonyl (C=O) groups excluding carboxylic acids is 2. The molecule has 8 heteroatoms. The number of nitrogens with one attached hydrogen (secondary N) is 1. The van der Waals surface area contributed by atoms with Crippen molar-refractivity contribution in [3.05, 3.63) is 78.2 Å². The second-order valence-corrected chi connectivity index (χ2v) is 8.92. The Bertz CT molecular complexity index is 1120. The molecule has 1 aliphatic rings. The minimum atomic E-state index is -0.340. The van der Waals surface area contributed by atoms with Crippen molar-refractivity contribution in [2.75, 3.05) is 26.7 Å². The average molecular weight is 476 g/mol. The summed E-state index contributed by atoms with van der Waals surface area (Å²) < 4.78 is 1.52. The number of likely N-dealkylation sites (tertiary alicyclic amines) is 1. The van der Waals surface area contributed by atoms with E-state index in [0.29, 0.717) is 11.3 Å². The van der Waals surface area contributed by atoms with Gasteiger partial charge in [-0.2, -0.15) is 0 Å². The molecule has 0 atom stereocenters. The van der Waals surface area contributed by atoms with E-state index in [-0.39, 0.29) is 24.6 Å². The van der Waals surface area contributed by atoms with Crippen molar-refractivity contribution in [1.29, 1.82) is 0 Å². The largest absolute Gasteiger partial charge is 0.329 e. The lowest BCUT2D eigenvalue weighted by Crippen LogP contribution is -2.46. The molecule has 35 heavy (non-hydrogen) atoms. The Labute approximate surface area is 206 Å². The molecule has 0 radical (unpaired) electrons. The Morgan fingerprint density at radius 2 is 1.89 bits per heavy atom. The fourth-order valence-corrected chi connectivity index (χ4v) is 4.40. The Kier molecular flexibility index (Phi) is 8.28. The van der Waals surface area contributed by atoms with Gasteiger partial charge in [-0.25, -0.2) is 15.3 Å². The van der Waals surface area contributed by atoms with Gasteiger partial charge >= 0.3 is 6.03 Å². The van der Waals surface area contributed by atoms with Crippen molar-refractivity contribution >= 4 is 11.9 Å². The first-order chi connectivity index (χ1) is 17.0. The molecule has 2 amide bonds. The van der Waals surface area contributed by atoms with E-state index in [1.807, 2.05) is 48.3 Å². The van der Waals surface area contributed by atoms with E-state index in [4.69, 9.17) is 4.84 Å². The average Bonchev–Trinajstić information content (AvgIpc) is 3.40. The molecule has 0 bridgehead atoms. The maximum Gasteiger partial charge on any atom is 0.329 e. The minimum absolute atomic E-state index is 0.0964. The van der Waals surface area contributed by atoms with Gasteiger partial charge in [0.25, 0.3) is 5.91 Å². The predicted molar refractivity (Wildman–Crippen MR) is 135 cm³/mol. The summed E-state index contributed by atoms with van der Waals surface area (Å²) in [5.41, 5.74) is 5.28. The highest BCUT2D eigenvalue weighted by Crippen LogP contribution is 2.21. The zero-order valence-electron chi connectivity index (χ0n) is 20.4. The third-order valence-electron chi connectivity index (χ3n) is 6.42. The highest BCUT2D eigenvalue weighted by molar-refractivity contribution is 5.94. The SMILES string of the molecule is CCCN1CCC(N(C)C(=O)n2cnc(-c3cccc(C(=O)NOCc4ccccc4)c3)c2)CC1. The molecule has 1 N–H and O–H groups in total. The first kappa shape index (κ1) is 24.6. The molecule has 0 unspecified atom stereocenters. The molecule has 3 aromatic rings. The van der Waals surface area contributed by atoms with E-state index < -0.39 is 0 Å². The molecule has 1 fully saturated rings. The number of rotatable bonds is 8. The van der Waals surface area contributed by atoms with Gasteiger partial charge in [-0.3, -0.25) is 14.2 Å². The number of piperidine rings is 1. The normalized spacial score (nSPS) is 14.6. The van der Waals surface area contributed by atoms with E-state index in [9.17, 15) is 9.59 Å². The van der Waals surface area contributed by atoms with Crippen LogP contribution in [0.5, 0.6) is 0 Å². The van der Waals surface area contributed by atoms with Crippen molar-refractivity contribution in [3.8, 4) is 11.3 Å². The highest BCUT2D eigenvalue weighted by Gasteiger charge is 2.26. The molecule has 1 aromatic heterocycles. The Hall–Kier alpha value is -3.49. The van der Waals surface area contributed by atoms with E-state index in [1.165, 1.54) is 10.9 Å². The van der Waals surface area contributed by atoms with Crippen LogP contribution < -0.4 is 5.48 Å². The first-order valence-electron chi connectivity index (χ1n) is 12.1. The van der Waals surface area contributed by atoms with Gasteiger partial charge in [0, 0.05) is 43.5 Å². The van der Waals surface area contributed by atoms with Crippen LogP contribution in [-0.2, 0) is 11.4 Å². The minimum Gasteiger partial charge on any atom is -0.324 e. The molecule has 2 heterocycles. The lowest BCUT2D eigenvalue weighted by Gasteiger charge is -2.36. The van der Waals surface area contributed by atoms with Crippen LogP contribution in [0, 0.1) is 0 Å². The van der Waals surface area contributed by atoms with Gasteiger partial charge in [0.2, 0.25) is 0 Å². The molecule has 4 rings (SSSR count). The van der Waals surface area contributed by atoms with Gasteiger partial charge in [0.05, 0.1) is 12.3 Å². The van der Waals surface area contributed by atoms with Gasteiger partial charge in [-0.05, 0) is 43.5 Å². The first-order valence-corrected chi connectivity index (χ1v) is 12.1. The third-order valence-corrected chi connectivity index (χ3v) is 6.42. The summed E-state index contributed by atoms with van der Waals surface area (Å²) in [4.78, 5) is 39.6. The fourth-order valence-electron chi connectivity index (χ4n) is 4.40. The number of nitrogens with zero attached hydrogens (tertiary/aromatic N) is 4. The summed E-state index contributed by atoms with van der Waals surface area (Å²) in [5, 5.41) is 0. The quantitative estimate of drug-likeness (QED) is 0.495. The van der Waals surface area contributed by atoms with Crippen molar-refractivity contribution in [3.63, 3.8) is 0 Å². The zero-order valence-corrected chi connectivity index (χ0v) is 20.4. The van der Waals surface area contributed by atoms with Gasteiger partial charge in [-0.1, -0.05) is 49.4 Å². The smallest absolute Gasteiger partial charge is 0.324 e. The zero-order chi connectivity index (χ0) is 24.6. The van der Waals surface area contributed by atoms with Gasteiger partial charge in [0.1, 0.15) is 6.33 Å². The number of carbonyl (C=O) groups is 2. The van der Waals surface area contributed by atoms with Crippen LogP contribution in [0.25, 0.3) is 11.3 Å². The summed E-state index contributed by atoms with van der Waals surface area (Å²) in [5.74, 6) is -0.340. The molecule has 0 spiro atoms. The molecular formula is C27H33N5O3. The Morgan fingerprint density at radius 1 is 1.11 bits per heavy atom. The van der Waals surface area contributed by atoms with Crippen molar-refractivity contribution < 1.29 is 14.4 Å². The van der Waals surface area contributed by atoms with Crippen LogP contribution in [0.4, 0.5) is 4.79 Å². The molecule has 184 valence electrons. The lowest BCUT2D eigenvalue weighted by molar-refractivity contribution is 0.0233. The number of hydroxylamine groups is 1. The van der Waals surface area contributed by atoms with Crippen molar-refractivity contribution in [2.24, 2.45) is 0 Å². The van der Waals surface area contributed by atoms with Gasteiger partial charge in [0.15, 0.2) is 0 Å². The molecule has 1 aliphatic heterocycles. The third kappa shape index (κ3) is 6.35. The van der Waals surface area contributed by atoms with Crippen LogP contribution in [0.15, 0.2) is 67.1 Å². The number of hydrogen-bond acceptors (Lipinski definition) is 5. The molecule has 8 nitrogen and oxygen atoms in total. The molecule has 0 aliphatic carbocycles. The topological polar surface area (TPSA) is 79.7 Å². The number of imidazole rings is 1. The van der Waals surface area contributed by atoms with Gasteiger partial charge < -0.3 is 9.80 Å². The van der Waals surface area contributed by atoms with E-state index in [0.717, 1.165) is 50.0 Å². The standard InChI is InChI=1S/C27H33N5O3/c1-3-14-31-15-12-24(13-16-31)30(2)27(34)32-18-25(28-20-32)22-10-7-11-23(17-22)26(33)29-35-19-21-8-5-4-6-9-21/h4-11,17-18,20,24H,3,12-16,19H2,1-2H3,(H,29,33). The highest BCUT2D eigenvalue weighted by atomic mass is 16.6. The fraction of sp³-hybridized carbons (Fsp3) is 0.370. The second kappa shape index (κ2) is 11.8. The summed E-state index contributed by atoms with van der Waals surface area (Å²) in [6.07, 6.45) is 6.37. The molecule has 1 saturated heterocycles. The van der Waals surface area contributed by atoms with Crippen molar-refractivity contribution in [2.45, 2.75) is 38.8 Å². The maximum absolute atomic E-state index is 13.1. The Morgan fingerprint density at radius 3 is 2.63 bits per heavy atom. The lowest BCUT2D eigenvalue weighted by atomic mass is 10.0. The van der Waals surface area contributed by atoms with E-state index in [2.05, 4.69) is 22.3 Å². The summed E-state index contributed by atoms with van der Waals surface area (Å²) in [6.45, 7) is 5.64.